The first kappa shape index (κ1) is 18.2. The van der Waals surface area contributed by atoms with Crippen molar-refractivity contribution in [3.05, 3.63) is 64.2 Å². The molecule has 0 saturated carbocycles. The van der Waals surface area contributed by atoms with Crippen molar-refractivity contribution in [2.24, 2.45) is 0 Å². The van der Waals surface area contributed by atoms with Crippen LogP contribution in [0.1, 0.15) is 41.2 Å². The van der Waals surface area contributed by atoms with Crippen LogP contribution in [0.2, 0.25) is 0 Å². The summed E-state index contributed by atoms with van der Waals surface area (Å²) in [6.45, 7) is 5.50. The molecule has 0 saturated heterocycles. The summed E-state index contributed by atoms with van der Waals surface area (Å²) in [6.07, 6.45) is 2.73. The van der Waals surface area contributed by atoms with Crippen LogP contribution in [0.5, 0.6) is 0 Å². The van der Waals surface area contributed by atoms with E-state index in [1.54, 1.807) is 6.92 Å². The van der Waals surface area contributed by atoms with Crippen LogP contribution in [-0.4, -0.2) is 18.0 Å². The zero-order valence-electron chi connectivity index (χ0n) is 15.6. The third-order valence-corrected chi connectivity index (χ3v) is 4.84. The molecule has 0 heterocycles. The van der Waals surface area contributed by atoms with Crippen LogP contribution in [0, 0.1) is 13.8 Å². The van der Waals surface area contributed by atoms with Crippen LogP contribution >= 0.6 is 0 Å². The summed E-state index contributed by atoms with van der Waals surface area (Å²) >= 11 is 0. The minimum absolute atomic E-state index is 0.189. The summed E-state index contributed by atoms with van der Waals surface area (Å²) in [7, 11) is 0. The number of carbonyl (C=O) groups excluding carboxylic acids is 2. The van der Waals surface area contributed by atoms with Gasteiger partial charge in [-0.15, -0.1) is 0 Å². The molecule has 1 atom stereocenters. The zero-order chi connectivity index (χ0) is 18.7. The normalized spacial score (nSPS) is 13.8. The number of anilines is 1. The number of rotatable bonds is 5. The van der Waals surface area contributed by atoms with Gasteiger partial charge in [-0.25, -0.2) is 0 Å². The lowest BCUT2D eigenvalue weighted by Crippen LogP contribution is -2.30. The summed E-state index contributed by atoms with van der Waals surface area (Å²) in [6, 6.07) is 12.0. The van der Waals surface area contributed by atoms with Gasteiger partial charge in [-0.05, 0) is 73.9 Å². The minimum atomic E-state index is -0.836. The highest BCUT2D eigenvalue weighted by atomic mass is 16.5. The molecule has 0 radical (unpaired) electrons. The van der Waals surface area contributed by atoms with Crippen molar-refractivity contribution in [2.75, 3.05) is 5.32 Å². The van der Waals surface area contributed by atoms with Gasteiger partial charge in [-0.1, -0.05) is 30.3 Å². The van der Waals surface area contributed by atoms with Gasteiger partial charge in [-0.3, -0.25) is 9.59 Å². The van der Waals surface area contributed by atoms with Crippen LogP contribution in [0.15, 0.2) is 36.4 Å². The van der Waals surface area contributed by atoms with E-state index in [1.165, 1.54) is 17.5 Å². The number of ether oxygens (including phenoxy) is 1. The molecule has 3 rings (SSSR count). The fourth-order valence-corrected chi connectivity index (χ4v) is 3.30. The number of benzene rings is 2. The highest BCUT2D eigenvalue weighted by molar-refractivity contribution is 5.95. The molecule has 1 aliphatic carbocycles. The van der Waals surface area contributed by atoms with E-state index in [2.05, 4.69) is 17.4 Å². The molecule has 1 aliphatic rings. The van der Waals surface area contributed by atoms with Crippen molar-refractivity contribution < 1.29 is 14.3 Å². The Labute approximate surface area is 154 Å². The van der Waals surface area contributed by atoms with Crippen molar-refractivity contribution in [1.82, 2.24) is 0 Å². The highest BCUT2D eigenvalue weighted by Gasteiger charge is 2.19. The standard InChI is InChI=1S/C22H25NO3/c1-14-7-8-15(2)20(11-14)23-22(25)16(3)26-21(24)13-17-9-10-18-5-4-6-19(18)12-17/h7-12,16H,4-6,13H2,1-3H3,(H,23,25)/t16-/m1/s1. The number of hydrogen-bond donors (Lipinski definition) is 1. The van der Waals surface area contributed by atoms with E-state index in [1.807, 2.05) is 38.1 Å². The summed E-state index contributed by atoms with van der Waals surface area (Å²) in [4.78, 5) is 24.5. The van der Waals surface area contributed by atoms with Crippen molar-refractivity contribution >= 4 is 17.6 Å². The summed E-state index contributed by atoms with van der Waals surface area (Å²) in [5, 5.41) is 2.84. The van der Waals surface area contributed by atoms with E-state index in [9.17, 15) is 9.59 Å². The molecule has 0 fully saturated rings. The molecule has 0 aromatic heterocycles. The van der Waals surface area contributed by atoms with E-state index < -0.39 is 6.10 Å². The third-order valence-electron chi connectivity index (χ3n) is 4.84. The van der Waals surface area contributed by atoms with Gasteiger partial charge in [0.05, 0.1) is 6.42 Å². The predicted octanol–water partition coefficient (Wildman–Crippen LogP) is 3.91. The molecule has 1 N–H and O–H groups in total. The Morgan fingerprint density at radius 2 is 1.85 bits per heavy atom. The topological polar surface area (TPSA) is 55.4 Å². The Bertz CT molecular complexity index is 841. The quantitative estimate of drug-likeness (QED) is 0.831. The number of carbonyl (C=O) groups is 2. The van der Waals surface area contributed by atoms with Gasteiger partial charge in [0.15, 0.2) is 6.10 Å². The predicted molar refractivity (Wildman–Crippen MR) is 102 cm³/mol. The van der Waals surface area contributed by atoms with Gasteiger partial charge in [0.25, 0.3) is 5.91 Å². The number of nitrogens with one attached hydrogen (secondary N) is 1. The Kier molecular flexibility index (Phi) is 5.40. The number of fused-ring (bicyclic) bond motifs is 1. The second-order valence-corrected chi connectivity index (χ2v) is 7.07. The molecule has 0 spiro atoms. The Morgan fingerprint density at radius 1 is 1.08 bits per heavy atom. The number of hydrogen-bond acceptors (Lipinski definition) is 3. The first-order valence-electron chi connectivity index (χ1n) is 9.10. The summed E-state index contributed by atoms with van der Waals surface area (Å²) < 4.78 is 5.33. The second kappa shape index (κ2) is 7.73. The molecule has 26 heavy (non-hydrogen) atoms. The molecule has 4 nitrogen and oxygen atoms in total. The van der Waals surface area contributed by atoms with Crippen LogP contribution in [0.4, 0.5) is 5.69 Å². The number of amides is 1. The van der Waals surface area contributed by atoms with E-state index in [4.69, 9.17) is 4.74 Å². The maximum Gasteiger partial charge on any atom is 0.311 e. The molecule has 0 unspecified atom stereocenters. The summed E-state index contributed by atoms with van der Waals surface area (Å²) in [5.41, 5.74) is 6.43. The van der Waals surface area contributed by atoms with Gasteiger partial charge >= 0.3 is 5.97 Å². The largest absolute Gasteiger partial charge is 0.452 e. The molecular formula is C22H25NO3. The Balaban J connectivity index is 1.56. The lowest BCUT2D eigenvalue weighted by Gasteiger charge is -2.15. The van der Waals surface area contributed by atoms with Crippen molar-refractivity contribution in [1.29, 1.82) is 0 Å². The van der Waals surface area contributed by atoms with Crippen LogP contribution in [0.25, 0.3) is 0 Å². The molecule has 1 amide bonds. The fourth-order valence-electron chi connectivity index (χ4n) is 3.30. The van der Waals surface area contributed by atoms with Crippen molar-refractivity contribution in [2.45, 2.75) is 52.6 Å². The van der Waals surface area contributed by atoms with Crippen LogP contribution in [-0.2, 0) is 33.6 Å². The monoisotopic (exact) mass is 351 g/mol. The van der Waals surface area contributed by atoms with Gasteiger partial charge in [-0.2, -0.15) is 0 Å². The lowest BCUT2D eigenvalue weighted by molar-refractivity contribution is -0.152. The number of aryl methyl sites for hydroxylation is 4. The fraction of sp³-hybridized carbons (Fsp3) is 0.364. The average molecular weight is 351 g/mol. The third kappa shape index (κ3) is 4.31. The lowest BCUT2D eigenvalue weighted by atomic mass is 10.0. The van der Waals surface area contributed by atoms with Gasteiger partial charge in [0.2, 0.25) is 0 Å². The van der Waals surface area contributed by atoms with E-state index in [0.717, 1.165) is 35.2 Å². The van der Waals surface area contributed by atoms with Gasteiger partial charge < -0.3 is 10.1 Å². The SMILES string of the molecule is Cc1ccc(C)c(NC(=O)[C@@H](C)OC(=O)Cc2ccc3c(c2)CCC3)c1. The van der Waals surface area contributed by atoms with Gasteiger partial charge in [0, 0.05) is 5.69 Å². The molecule has 0 aliphatic heterocycles. The minimum Gasteiger partial charge on any atom is -0.452 e. The molecule has 0 bridgehead atoms. The maximum absolute atomic E-state index is 12.3. The maximum atomic E-state index is 12.3. The van der Waals surface area contributed by atoms with E-state index in [0.29, 0.717) is 0 Å². The van der Waals surface area contributed by atoms with E-state index in [-0.39, 0.29) is 18.3 Å². The zero-order valence-corrected chi connectivity index (χ0v) is 15.6. The molecule has 4 heteroatoms. The smallest absolute Gasteiger partial charge is 0.311 e. The number of esters is 1. The molecule has 2 aromatic carbocycles. The van der Waals surface area contributed by atoms with Crippen molar-refractivity contribution in [3.8, 4) is 0 Å². The van der Waals surface area contributed by atoms with Crippen LogP contribution < -0.4 is 5.32 Å². The Morgan fingerprint density at radius 3 is 2.65 bits per heavy atom. The average Bonchev–Trinajstić information content (AvgIpc) is 3.05. The van der Waals surface area contributed by atoms with Crippen molar-refractivity contribution in [3.63, 3.8) is 0 Å². The Hall–Kier alpha value is -2.62. The molecule has 2 aromatic rings. The highest BCUT2D eigenvalue weighted by Crippen LogP contribution is 2.23. The first-order valence-corrected chi connectivity index (χ1v) is 9.10. The molecule has 136 valence electrons. The van der Waals surface area contributed by atoms with E-state index >= 15 is 0 Å². The second-order valence-electron chi connectivity index (χ2n) is 7.07. The summed E-state index contributed by atoms with van der Waals surface area (Å²) in [5.74, 6) is -0.701. The first-order chi connectivity index (χ1) is 12.4. The molecular weight excluding hydrogens is 326 g/mol. The van der Waals surface area contributed by atoms with Crippen LogP contribution in [0.3, 0.4) is 0 Å². The van der Waals surface area contributed by atoms with Gasteiger partial charge in [0.1, 0.15) is 0 Å².